The molecule has 0 saturated carbocycles. The molecule has 4 rings (SSSR count). The Labute approximate surface area is 375 Å². The molecule has 0 heterocycles. The first kappa shape index (κ1) is 49.9. The van der Waals surface area contributed by atoms with Gasteiger partial charge in [0.05, 0.1) is 0 Å². The molecule has 336 valence electrons. The standard InChI is InChI=1S/C56H84O4Si/c1-9-17-30-45(13-5)40-49-44-56(60-61(57-50-34-24-21-25-35-50,58-51-36-26-22-27-37-51)59-52-38-28-23-29-39-52)55(43-48(16-8)33-20-12-4)54(42-47(15-7)32-19-11-3)53(49)41-46(14-6)31-18-10-2/h21-29,34-39,44-48H,9-20,30-33,40-43H2,1-8H3. The Kier molecular flexibility index (Phi) is 23.0. The fraction of sp³-hybridized carbons (Fsp3) is 0.571. The molecule has 0 bridgehead atoms. The summed E-state index contributed by atoms with van der Waals surface area (Å²) in [6.07, 6.45) is 23.9. The van der Waals surface area contributed by atoms with E-state index in [-0.39, 0.29) is 0 Å². The molecular weight excluding hydrogens is 765 g/mol. The van der Waals surface area contributed by atoms with E-state index < -0.39 is 9.05 Å². The van der Waals surface area contributed by atoms with Crippen molar-refractivity contribution in [3.8, 4) is 23.0 Å². The van der Waals surface area contributed by atoms with Gasteiger partial charge >= 0.3 is 9.05 Å². The lowest BCUT2D eigenvalue weighted by molar-refractivity contribution is 0.160. The quantitative estimate of drug-likeness (QED) is 0.0459. The molecule has 5 heteroatoms. The summed E-state index contributed by atoms with van der Waals surface area (Å²) < 4.78 is 28.9. The average molecular weight is 849 g/mol. The molecule has 0 aromatic heterocycles. The molecule has 0 saturated heterocycles. The maximum atomic E-state index is 7.69. The number of hydrogen-bond acceptors (Lipinski definition) is 4. The van der Waals surface area contributed by atoms with E-state index in [0.29, 0.717) is 40.9 Å². The second kappa shape index (κ2) is 28.1. The van der Waals surface area contributed by atoms with Crippen LogP contribution in [0.5, 0.6) is 23.0 Å². The molecule has 0 spiro atoms. The normalized spacial score (nSPS) is 13.6. The summed E-state index contributed by atoms with van der Waals surface area (Å²) in [5, 5.41) is 0. The van der Waals surface area contributed by atoms with E-state index in [4.69, 9.17) is 17.7 Å². The number of benzene rings is 4. The van der Waals surface area contributed by atoms with Crippen molar-refractivity contribution in [3.63, 3.8) is 0 Å². The minimum atomic E-state index is -4.14. The minimum Gasteiger partial charge on any atom is -0.452 e. The van der Waals surface area contributed by atoms with Crippen LogP contribution in [0.15, 0.2) is 97.1 Å². The van der Waals surface area contributed by atoms with Crippen molar-refractivity contribution in [1.29, 1.82) is 0 Å². The first-order valence-corrected chi connectivity index (χ1v) is 26.5. The van der Waals surface area contributed by atoms with E-state index >= 15 is 0 Å². The van der Waals surface area contributed by atoms with E-state index in [2.05, 4.69) is 61.5 Å². The van der Waals surface area contributed by atoms with E-state index in [1.165, 1.54) is 107 Å². The summed E-state index contributed by atoms with van der Waals surface area (Å²) in [4.78, 5) is 0. The molecule has 0 radical (unpaired) electrons. The molecule has 0 aliphatic rings. The van der Waals surface area contributed by atoms with Crippen LogP contribution >= 0.6 is 0 Å². The van der Waals surface area contributed by atoms with Gasteiger partial charge in [-0.2, -0.15) is 0 Å². The zero-order valence-electron chi connectivity index (χ0n) is 39.8. The topological polar surface area (TPSA) is 36.9 Å². The second-order valence-electron chi connectivity index (χ2n) is 17.8. The third-order valence-corrected chi connectivity index (χ3v) is 15.0. The molecular formula is C56H84O4Si. The molecule has 0 aliphatic heterocycles. The summed E-state index contributed by atoms with van der Waals surface area (Å²) in [5.74, 6) is 5.30. The summed E-state index contributed by atoms with van der Waals surface area (Å²) in [6.45, 7) is 19.0. The van der Waals surface area contributed by atoms with E-state index in [1.54, 1.807) is 11.1 Å². The zero-order chi connectivity index (χ0) is 43.7. The summed E-state index contributed by atoms with van der Waals surface area (Å²) in [6, 6.07) is 32.4. The second-order valence-corrected chi connectivity index (χ2v) is 19.6. The van der Waals surface area contributed by atoms with Gasteiger partial charge in [-0.1, -0.05) is 213 Å². The Morgan fingerprint density at radius 3 is 1.05 bits per heavy atom. The van der Waals surface area contributed by atoms with E-state index in [9.17, 15) is 0 Å². The Hall–Kier alpha value is -3.70. The molecule has 4 nitrogen and oxygen atoms in total. The van der Waals surface area contributed by atoms with Crippen LogP contribution in [0.1, 0.15) is 180 Å². The van der Waals surface area contributed by atoms with Crippen LogP contribution in [-0.2, 0) is 25.7 Å². The molecule has 0 fully saturated rings. The largest absolute Gasteiger partial charge is 0.966 e. The molecule has 0 aliphatic carbocycles. The number of para-hydroxylation sites is 3. The smallest absolute Gasteiger partial charge is 0.452 e. The van der Waals surface area contributed by atoms with Gasteiger partial charge < -0.3 is 17.7 Å². The van der Waals surface area contributed by atoms with Crippen molar-refractivity contribution in [3.05, 3.63) is 119 Å². The SMILES string of the molecule is CCCCC(CC)Cc1cc(O[Si](Oc2ccccc2)(Oc2ccccc2)Oc2ccccc2)c(CC(CC)CCCC)c(CC(CC)CCCC)c1CC(CC)CCCC. The minimum absolute atomic E-state index is 0.543. The Morgan fingerprint density at radius 1 is 0.377 bits per heavy atom. The lowest BCUT2D eigenvalue weighted by Crippen LogP contribution is -2.60. The predicted octanol–water partition coefficient (Wildman–Crippen LogP) is 16.8. The number of rotatable bonds is 32. The number of unbranched alkanes of at least 4 members (excludes halogenated alkanes) is 4. The third-order valence-electron chi connectivity index (χ3n) is 13.1. The summed E-state index contributed by atoms with van der Waals surface area (Å²) in [7, 11) is -4.14. The maximum absolute atomic E-state index is 7.69. The zero-order valence-corrected chi connectivity index (χ0v) is 40.8. The molecule has 61 heavy (non-hydrogen) atoms. The third kappa shape index (κ3) is 16.5. The highest BCUT2D eigenvalue weighted by Gasteiger charge is 2.59. The first-order valence-electron chi connectivity index (χ1n) is 24.9. The molecule has 4 atom stereocenters. The van der Waals surface area contributed by atoms with Crippen molar-refractivity contribution >= 4 is 9.05 Å². The highest BCUT2D eigenvalue weighted by atomic mass is 28.4. The number of hydrogen-bond donors (Lipinski definition) is 0. The highest BCUT2D eigenvalue weighted by Crippen LogP contribution is 2.41. The van der Waals surface area contributed by atoms with Gasteiger partial charge in [-0.3, -0.25) is 0 Å². The van der Waals surface area contributed by atoms with Crippen molar-refractivity contribution in [2.45, 2.75) is 184 Å². The van der Waals surface area contributed by atoms with Gasteiger partial charge in [0.2, 0.25) is 0 Å². The van der Waals surface area contributed by atoms with Crippen LogP contribution in [0.4, 0.5) is 0 Å². The van der Waals surface area contributed by atoms with Gasteiger partial charge in [-0.05, 0) is 114 Å². The Morgan fingerprint density at radius 2 is 0.705 bits per heavy atom. The van der Waals surface area contributed by atoms with Gasteiger partial charge in [0.25, 0.3) is 0 Å². The Balaban J connectivity index is 2.12. The lowest BCUT2D eigenvalue weighted by atomic mass is 9.77. The molecule has 4 aromatic rings. The van der Waals surface area contributed by atoms with Crippen molar-refractivity contribution < 1.29 is 17.7 Å². The van der Waals surface area contributed by atoms with Gasteiger partial charge in [-0.15, -0.1) is 0 Å². The highest BCUT2D eigenvalue weighted by molar-refractivity contribution is 6.57. The van der Waals surface area contributed by atoms with Gasteiger partial charge in [0.1, 0.15) is 23.0 Å². The fourth-order valence-corrected chi connectivity index (χ4v) is 10.9. The van der Waals surface area contributed by atoms with Gasteiger partial charge in [0, 0.05) is 0 Å². The van der Waals surface area contributed by atoms with E-state index in [1.807, 2.05) is 91.0 Å². The van der Waals surface area contributed by atoms with Crippen LogP contribution in [0.25, 0.3) is 0 Å². The van der Waals surface area contributed by atoms with Gasteiger partial charge in [0.15, 0.2) is 0 Å². The monoisotopic (exact) mass is 849 g/mol. The molecule has 4 aromatic carbocycles. The van der Waals surface area contributed by atoms with Crippen molar-refractivity contribution in [2.24, 2.45) is 23.7 Å². The molecule has 0 N–H and O–H groups in total. The van der Waals surface area contributed by atoms with Crippen LogP contribution < -0.4 is 17.7 Å². The Bertz CT molecular complexity index is 1630. The van der Waals surface area contributed by atoms with E-state index in [0.717, 1.165) is 37.9 Å². The van der Waals surface area contributed by atoms with Gasteiger partial charge in [-0.25, -0.2) is 0 Å². The fourth-order valence-electron chi connectivity index (χ4n) is 8.96. The van der Waals surface area contributed by atoms with Crippen molar-refractivity contribution in [2.75, 3.05) is 0 Å². The first-order chi connectivity index (χ1) is 29.8. The average Bonchev–Trinajstić information content (AvgIpc) is 3.28. The van der Waals surface area contributed by atoms with Crippen LogP contribution in [0.2, 0.25) is 0 Å². The maximum Gasteiger partial charge on any atom is 0.966 e. The van der Waals surface area contributed by atoms with Crippen LogP contribution in [-0.4, -0.2) is 9.05 Å². The summed E-state index contributed by atoms with van der Waals surface area (Å²) >= 11 is 0. The van der Waals surface area contributed by atoms with Crippen LogP contribution in [0.3, 0.4) is 0 Å². The summed E-state index contributed by atoms with van der Waals surface area (Å²) in [5.41, 5.74) is 6.03. The molecule has 0 amide bonds. The van der Waals surface area contributed by atoms with Crippen molar-refractivity contribution in [1.82, 2.24) is 0 Å². The lowest BCUT2D eigenvalue weighted by Gasteiger charge is -2.33. The molecule has 4 unspecified atom stereocenters. The predicted molar refractivity (Wildman–Crippen MR) is 262 cm³/mol. The van der Waals surface area contributed by atoms with Crippen LogP contribution in [0, 0.1) is 23.7 Å².